The van der Waals surface area contributed by atoms with Gasteiger partial charge in [-0.15, -0.1) is 0 Å². The first kappa shape index (κ1) is 9.73. The summed E-state index contributed by atoms with van der Waals surface area (Å²) in [6.45, 7) is 4.00. The van der Waals surface area contributed by atoms with Gasteiger partial charge in [0.25, 0.3) is 0 Å². The molecule has 1 saturated carbocycles. The topological polar surface area (TPSA) is 36.7 Å². The number of hydrogen-bond donors (Lipinski definition) is 0. The van der Waals surface area contributed by atoms with Crippen molar-refractivity contribution in [3.05, 3.63) is 29.6 Å². The molecule has 2 rings (SSSR count). The van der Waals surface area contributed by atoms with E-state index in [1.807, 2.05) is 26.0 Å². The van der Waals surface area contributed by atoms with E-state index in [1.54, 1.807) is 6.20 Å². The summed E-state index contributed by atoms with van der Waals surface area (Å²) in [6, 6.07) is 5.84. The van der Waals surface area contributed by atoms with E-state index in [9.17, 15) is 0 Å². The van der Waals surface area contributed by atoms with Gasteiger partial charge in [-0.05, 0) is 25.0 Å². The Morgan fingerprint density at radius 2 is 2.08 bits per heavy atom. The van der Waals surface area contributed by atoms with Gasteiger partial charge in [0.15, 0.2) is 0 Å². The summed E-state index contributed by atoms with van der Waals surface area (Å²) in [5.41, 5.74) is 1.79. The van der Waals surface area contributed by atoms with Crippen molar-refractivity contribution >= 4 is 0 Å². The maximum absolute atomic E-state index is 8.49. The lowest BCUT2D eigenvalue weighted by atomic mass is 10.2. The van der Waals surface area contributed by atoms with Crippen LogP contribution in [0.3, 0.4) is 0 Å². The quantitative estimate of drug-likeness (QED) is 0.656. The number of nitrogens with zero attached hydrogens (tertiary/aromatic N) is 2. The van der Waals surface area contributed by atoms with Gasteiger partial charge in [-0.1, -0.05) is 13.8 Å². The molecule has 1 aliphatic carbocycles. The van der Waals surface area contributed by atoms with Crippen LogP contribution in [0.5, 0.6) is 0 Å². The summed E-state index contributed by atoms with van der Waals surface area (Å²) in [5.74, 6) is 0.683. The van der Waals surface area contributed by atoms with Crippen molar-refractivity contribution < 1.29 is 0 Å². The van der Waals surface area contributed by atoms with Crippen molar-refractivity contribution in [3.8, 4) is 6.07 Å². The highest BCUT2D eigenvalue weighted by atomic mass is 14.7. The van der Waals surface area contributed by atoms with Gasteiger partial charge in [0, 0.05) is 17.8 Å². The van der Waals surface area contributed by atoms with Crippen LogP contribution in [0.1, 0.15) is 43.9 Å². The van der Waals surface area contributed by atoms with Gasteiger partial charge >= 0.3 is 0 Å². The Balaban J connectivity index is 0.000000396. The summed E-state index contributed by atoms with van der Waals surface area (Å²) >= 11 is 0. The lowest BCUT2D eigenvalue weighted by molar-refractivity contribution is 1.02. The second-order valence-electron chi connectivity index (χ2n) is 2.86. The maximum Gasteiger partial charge on any atom is 0.101 e. The van der Waals surface area contributed by atoms with Crippen molar-refractivity contribution in [1.29, 1.82) is 5.26 Å². The van der Waals surface area contributed by atoms with Crippen LogP contribution >= 0.6 is 0 Å². The van der Waals surface area contributed by atoms with E-state index >= 15 is 0 Å². The summed E-state index contributed by atoms with van der Waals surface area (Å²) in [4.78, 5) is 4.19. The largest absolute Gasteiger partial charge is 0.260 e. The molecule has 2 nitrogen and oxygen atoms in total. The first-order valence-corrected chi connectivity index (χ1v) is 4.76. The third-order valence-corrected chi connectivity index (χ3v) is 1.91. The molecule has 0 bridgehead atoms. The third-order valence-electron chi connectivity index (χ3n) is 1.91. The molecule has 1 fully saturated rings. The molecule has 1 aromatic rings. The molecule has 0 saturated heterocycles. The lowest BCUT2D eigenvalue weighted by Gasteiger charge is -1.94. The Bertz CT molecular complexity index is 291. The number of pyridine rings is 1. The Morgan fingerprint density at radius 3 is 2.46 bits per heavy atom. The van der Waals surface area contributed by atoms with E-state index in [1.165, 1.54) is 12.8 Å². The van der Waals surface area contributed by atoms with Crippen LogP contribution in [0, 0.1) is 11.3 Å². The zero-order valence-electron chi connectivity index (χ0n) is 8.12. The van der Waals surface area contributed by atoms with E-state index < -0.39 is 0 Å². The number of hydrogen-bond acceptors (Lipinski definition) is 2. The Labute approximate surface area is 79.2 Å². The monoisotopic (exact) mass is 174 g/mol. The van der Waals surface area contributed by atoms with E-state index in [4.69, 9.17) is 5.26 Å². The SMILES string of the molecule is CC.N#Cc1ccc(C2CC2)nc1. The molecular weight excluding hydrogens is 160 g/mol. The van der Waals surface area contributed by atoms with Crippen molar-refractivity contribution in [2.24, 2.45) is 0 Å². The zero-order valence-corrected chi connectivity index (χ0v) is 8.12. The molecule has 0 atom stereocenters. The third kappa shape index (κ3) is 2.55. The number of nitriles is 1. The molecule has 1 aromatic heterocycles. The molecule has 0 spiro atoms. The van der Waals surface area contributed by atoms with E-state index in [0.29, 0.717) is 11.5 Å². The lowest BCUT2D eigenvalue weighted by Crippen LogP contribution is -1.85. The van der Waals surface area contributed by atoms with Gasteiger partial charge in [-0.3, -0.25) is 4.98 Å². The summed E-state index contributed by atoms with van der Waals surface area (Å²) in [6.07, 6.45) is 4.17. The Kier molecular flexibility index (Phi) is 3.45. The van der Waals surface area contributed by atoms with Crippen molar-refractivity contribution in [1.82, 2.24) is 4.98 Å². The first-order chi connectivity index (χ1) is 6.40. The molecule has 0 unspecified atom stereocenters. The Hall–Kier alpha value is -1.36. The minimum absolute atomic E-state index is 0.648. The summed E-state index contributed by atoms with van der Waals surface area (Å²) in [7, 11) is 0. The smallest absolute Gasteiger partial charge is 0.101 e. The molecule has 13 heavy (non-hydrogen) atoms. The van der Waals surface area contributed by atoms with Gasteiger partial charge in [0.05, 0.1) is 5.56 Å². The van der Waals surface area contributed by atoms with Gasteiger partial charge < -0.3 is 0 Å². The number of rotatable bonds is 1. The second-order valence-corrected chi connectivity index (χ2v) is 2.86. The minimum Gasteiger partial charge on any atom is -0.260 e. The molecule has 0 radical (unpaired) electrons. The van der Waals surface area contributed by atoms with Crippen molar-refractivity contribution in [3.63, 3.8) is 0 Å². The molecule has 2 heteroatoms. The number of aromatic nitrogens is 1. The highest BCUT2D eigenvalue weighted by Crippen LogP contribution is 2.38. The van der Waals surface area contributed by atoms with Crippen LogP contribution in [0.25, 0.3) is 0 Å². The molecule has 0 aliphatic heterocycles. The van der Waals surface area contributed by atoms with Crippen LogP contribution < -0.4 is 0 Å². The molecule has 0 amide bonds. The molecular formula is C11H14N2. The normalized spacial score (nSPS) is 13.9. The summed E-state index contributed by atoms with van der Waals surface area (Å²) in [5, 5.41) is 8.49. The van der Waals surface area contributed by atoms with E-state index in [-0.39, 0.29) is 0 Å². The highest BCUT2D eigenvalue weighted by Gasteiger charge is 2.24. The fourth-order valence-electron chi connectivity index (χ4n) is 1.09. The van der Waals surface area contributed by atoms with Gasteiger partial charge in [0.1, 0.15) is 6.07 Å². The zero-order chi connectivity index (χ0) is 9.68. The maximum atomic E-state index is 8.49. The van der Waals surface area contributed by atoms with Crippen molar-refractivity contribution in [2.75, 3.05) is 0 Å². The van der Waals surface area contributed by atoms with Crippen LogP contribution in [-0.4, -0.2) is 4.98 Å². The van der Waals surface area contributed by atoms with Crippen LogP contribution in [0.4, 0.5) is 0 Å². The van der Waals surface area contributed by atoms with E-state index in [2.05, 4.69) is 11.1 Å². The fraction of sp³-hybridized carbons (Fsp3) is 0.455. The second kappa shape index (κ2) is 4.61. The van der Waals surface area contributed by atoms with Crippen LogP contribution in [0.15, 0.2) is 18.3 Å². The van der Waals surface area contributed by atoms with Gasteiger partial charge in [-0.25, -0.2) is 0 Å². The first-order valence-electron chi connectivity index (χ1n) is 4.76. The average molecular weight is 174 g/mol. The summed E-state index contributed by atoms with van der Waals surface area (Å²) < 4.78 is 0. The minimum atomic E-state index is 0.648. The Morgan fingerprint density at radius 1 is 1.38 bits per heavy atom. The van der Waals surface area contributed by atoms with E-state index in [0.717, 1.165) is 5.69 Å². The molecule has 1 heterocycles. The highest BCUT2D eigenvalue weighted by molar-refractivity contribution is 5.28. The molecule has 68 valence electrons. The average Bonchev–Trinajstić information content (AvgIpc) is 3.05. The standard InChI is InChI=1S/C9H8N2.C2H6/c10-5-7-1-4-9(11-6-7)8-2-3-8;1-2/h1,4,6,8H,2-3H2;1-2H3. The molecule has 0 N–H and O–H groups in total. The van der Waals surface area contributed by atoms with Gasteiger partial charge in [-0.2, -0.15) is 5.26 Å². The van der Waals surface area contributed by atoms with Gasteiger partial charge in [0.2, 0.25) is 0 Å². The molecule has 0 aromatic carbocycles. The fourth-order valence-corrected chi connectivity index (χ4v) is 1.09. The predicted octanol–water partition coefficient (Wildman–Crippen LogP) is 2.86. The molecule has 1 aliphatic rings. The van der Waals surface area contributed by atoms with Crippen molar-refractivity contribution in [2.45, 2.75) is 32.6 Å². The van der Waals surface area contributed by atoms with Crippen LogP contribution in [-0.2, 0) is 0 Å². The predicted molar refractivity (Wildman–Crippen MR) is 52.3 cm³/mol. The van der Waals surface area contributed by atoms with Crippen LogP contribution in [0.2, 0.25) is 0 Å².